The van der Waals surface area contributed by atoms with Crippen LogP contribution in [-0.2, 0) is 0 Å². The summed E-state index contributed by atoms with van der Waals surface area (Å²) in [6.45, 7) is 0. The third kappa shape index (κ3) is 2.95. The largest absolute Gasteiger partial charge is 0.464 e. The van der Waals surface area contributed by atoms with Crippen molar-refractivity contribution in [1.29, 1.82) is 0 Å². The van der Waals surface area contributed by atoms with Crippen LogP contribution in [0.5, 0.6) is 5.75 Å². The van der Waals surface area contributed by atoms with Crippen LogP contribution >= 0.6 is 0 Å². The molecule has 1 aliphatic rings. The lowest BCUT2D eigenvalue weighted by Gasteiger charge is -2.12. The zero-order valence-electron chi connectivity index (χ0n) is 18.0. The van der Waals surface area contributed by atoms with Crippen LogP contribution in [0.2, 0.25) is 0 Å². The van der Waals surface area contributed by atoms with Gasteiger partial charge < -0.3 is 10.1 Å². The van der Waals surface area contributed by atoms with Crippen LogP contribution in [0.15, 0.2) is 115 Å². The SMILES string of the molecule is c1ccc(C2Nc3ccc4ccc5cc(-c6ccc7ccccc7c6)ccc5c4c3O2)cc1. The summed E-state index contributed by atoms with van der Waals surface area (Å²) in [6, 6.07) is 41.0. The van der Waals surface area contributed by atoms with Gasteiger partial charge in [-0.15, -0.1) is 0 Å². The van der Waals surface area contributed by atoms with Crippen LogP contribution < -0.4 is 10.1 Å². The quantitative estimate of drug-likeness (QED) is 0.283. The molecule has 0 aliphatic carbocycles. The normalized spacial score (nSPS) is 14.8. The highest BCUT2D eigenvalue weighted by Crippen LogP contribution is 2.46. The monoisotopic (exact) mass is 423 g/mol. The van der Waals surface area contributed by atoms with Crippen LogP contribution in [0.1, 0.15) is 11.8 Å². The molecule has 0 fully saturated rings. The van der Waals surface area contributed by atoms with Crippen molar-refractivity contribution < 1.29 is 4.74 Å². The van der Waals surface area contributed by atoms with E-state index in [2.05, 4.69) is 102 Å². The standard InChI is InChI=1S/C31H21NO/c1-2-7-22(8-3-1)31-32-28-17-15-21-11-13-26-19-25(14-16-27(26)29(21)30(28)33-31)24-12-10-20-6-4-5-9-23(20)18-24/h1-19,31-32H. The summed E-state index contributed by atoms with van der Waals surface area (Å²) in [4.78, 5) is 0. The molecule has 0 radical (unpaired) electrons. The molecule has 1 N–H and O–H groups in total. The lowest BCUT2D eigenvalue weighted by Crippen LogP contribution is -2.09. The molecule has 6 aromatic carbocycles. The van der Waals surface area contributed by atoms with Gasteiger partial charge in [-0.2, -0.15) is 0 Å². The predicted octanol–water partition coefficient (Wildman–Crippen LogP) is 8.32. The Balaban J connectivity index is 1.36. The fraction of sp³-hybridized carbons (Fsp3) is 0.0323. The van der Waals surface area contributed by atoms with Crippen molar-refractivity contribution in [3.63, 3.8) is 0 Å². The summed E-state index contributed by atoms with van der Waals surface area (Å²) in [7, 11) is 0. The first-order valence-corrected chi connectivity index (χ1v) is 11.3. The Hall–Kier alpha value is -4.30. The van der Waals surface area contributed by atoms with Gasteiger partial charge in [0.15, 0.2) is 12.0 Å². The minimum Gasteiger partial charge on any atom is -0.464 e. The highest BCUT2D eigenvalue weighted by Gasteiger charge is 2.26. The highest BCUT2D eigenvalue weighted by atomic mass is 16.5. The van der Waals surface area contributed by atoms with E-state index in [1.54, 1.807) is 0 Å². The molecule has 0 spiro atoms. The van der Waals surface area contributed by atoms with Gasteiger partial charge in [0.05, 0.1) is 5.69 Å². The van der Waals surface area contributed by atoms with E-state index in [1.807, 2.05) is 18.2 Å². The van der Waals surface area contributed by atoms with Crippen molar-refractivity contribution in [3.8, 4) is 16.9 Å². The van der Waals surface area contributed by atoms with Gasteiger partial charge in [0.25, 0.3) is 0 Å². The molecule has 1 unspecified atom stereocenters. The molecule has 2 nitrogen and oxygen atoms in total. The minimum absolute atomic E-state index is 0.168. The Kier molecular flexibility index (Phi) is 3.94. The van der Waals surface area contributed by atoms with Crippen molar-refractivity contribution in [2.24, 2.45) is 0 Å². The maximum Gasteiger partial charge on any atom is 0.196 e. The summed E-state index contributed by atoms with van der Waals surface area (Å²) in [5.74, 6) is 0.936. The molecule has 33 heavy (non-hydrogen) atoms. The van der Waals surface area contributed by atoms with Gasteiger partial charge in [-0.3, -0.25) is 0 Å². The van der Waals surface area contributed by atoms with E-state index in [9.17, 15) is 0 Å². The van der Waals surface area contributed by atoms with Crippen molar-refractivity contribution in [1.82, 2.24) is 0 Å². The predicted molar refractivity (Wildman–Crippen MR) is 138 cm³/mol. The van der Waals surface area contributed by atoms with Crippen LogP contribution in [0, 0.1) is 0 Å². The molecule has 1 heterocycles. The molecule has 0 saturated carbocycles. The van der Waals surface area contributed by atoms with Gasteiger partial charge >= 0.3 is 0 Å². The van der Waals surface area contributed by atoms with Crippen LogP contribution in [0.3, 0.4) is 0 Å². The molecule has 156 valence electrons. The Morgan fingerprint density at radius 2 is 1.21 bits per heavy atom. The fourth-order valence-corrected chi connectivity index (χ4v) is 4.97. The van der Waals surface area contributed by atoms with Crippen molar-refractivity contribution in [2.75, 3.05) is 5.32 Å². The van der Waals surface area contributed by atoms with Crippen LogP contribution in [0.25, 0.3) is 43.4 Å². The van der Waals surface area contributed by atoms with Crippen molar-refractivity contribution >= 4 is 38.0 Å². The lowest BCUT2D eigenvalue weighted by molar-refractivity contribution is 0.263. The summed E-state index contributed by atoms with van der Waals surface area (Å²) in [5, 5.41) is 10.9. The fourth-order valence-electron chi connectivity index (χ4n) is 4.97. The third-order valence-corrected chi connectivity index (χ3v) is 6.66. The summed E-state index contributed by atoms with van der Waals surface area (Å²) < 4.78 is 6.47. The number of ether oxygens (including phenoxy) is 1. The first kappa shape index (κ1) is 18.3. The number of hydrogen-bond donors (Lipinski definition) is 1. The first-order chi connectivity index (χ1) is 16.3. The number of anilines is 1. The van der Waals surface area contributed by atoms with Crippen molar-refractivity contribution in [3.05, 3.63) is 121 Å². The van der Waals surface area contributed by atoms with E-state index in [0.717, 1.165) is 17.0 Å². The molecular formula is C31H21NO. The molecule has 0 bridgehead atoms. The molecular weight excluding hydrogens is 402 g/mol. The number of rotatable bonds is 2. The van der Waals surface area contributed by atoms with Gasteiger partial charge in [0, 0.05) is 10.9 Å². The van der Waals surface area contributed by atoms with Gasteiger partial charge in [0.1, 0.15) is 0 Å². The molecule has 0 amide bonds. The van der Waals surface area contributed by atoms with Gasteiger partial charge in [-0.1, -0.05) is 97.1 Å². The maximum absolute atomic E-state index is 6.47. The molecule has 0 saturated heterocycles. The lowest BCUT2D eigenvalue weighted by atomic mass is 9.95. The number of benzene rings is 6. The Morgan fingerprint density at radius 1 is 0.545 bits per heavy atom. The maximum atomic E-state index is 6.47. The summed E-state index contributed by atoms with van der Waals surface area (Å²) >= 11 is 0. The minimum atomic E-state index is -0.168. The van der Waals surface area contributed by atoms with E-state index in [4.69, 9.17) is 4.74 Å². The second kappa shape index (κ2) is 7.11. The molecule has 0 aromatic heterocycles. The van der Waals surface area contributed by atoms with E-state index in [1.165, 1.54) is 43.4 Å². The van der Waals surface area contributed by atoms with Gasteiger partial charge in [-0.05, 0) is 56.3 Å². The molecule has 1 atom stereocenters. The number of hydrogen-bond acceptors (Lipinski definition) is 2. The molecule has 2 heteroatoms. The third-order valence-electron chi connectivity index (χ3n) is 6.66. The van der Waals surface area contributed by atoms with E-state index >= 15 is 0 Å². The van der Waals surface area contributed by atoms with Gasteiger partial charge in [-0.25, -0.2) is 0 Å². The average Bonchev–Trinajstić information content (AvgIpc) is 3.33. The Morgan fingerprint density at radius 3 is 2.09 bits per heavy atom. The highest BCUT2D eigenvalue weighted by molar-refractivity contribution is 6.13. The Labute approximate surface area is 192 Å². The smallest absolute Gasteiger partial charge is 0.196 e. The van der Waals surface area contributed by atoms with E-state index in [0.29, 0.717) is 0 Å². The zero-order chi connectivity index (χ0) is 21.8. The number of nitrogens with one attached hydrogen (secondary N) is 1. The van der Waals surface area contributed by atoms with Gasteiger partial charge in [0.2, 0.25) is 0 Å². The first-order valence-electron chi connectivity index (χ1n) is 11.3. The second-order valence-electron chi connectivity index (χ2n) is 8.66. The summed E-state index contributed by atoms with van der Waals surface area (Å²) in [5.41, 5.74) is 4.63. The molecule has 7 rings (SSSR count). The number of fused-ring (bicyclic) bond motifs is 6. The molecule has 1 aliphatic heterocycles. The van der Waals surface area contributed by atoms with Crippen molar-refractivity contribution in [2.45, 2.75) is 6.23 Å². The van der Waals surface area contributed by atoms with Crippen LogP contribution in [-0.4, -0.2) is 0 Å². The van der Waals surface area contributed by atoms with E-state index in [-0.39, 0.29) is 6.23 Å². The zero-order valence-corrected chi connectivity index (χ0v) is 18.0. The Bertz CT molecular complexity index is 1670. The average molecular weight is 424 g/mol. The molecule has 6 aromatic rings. The second-order valence-corrected chi connectivity index (χ2v) is 8.66. The topological polar surface area (TPSA) is 21.3 Å². The van der Waals surface area contributed by atoms with Crippen LogP contribution in [0.4, 0.5) is 5.69 Å². The summed E-state index contributed by atoms with van der Waals surface area (Å²) in [6.07, 6.45) is -0.168. The van der Waals surface area contributed by atoms with E-state index < -0.39 is 0 Å².